The van der Waals surface area contributed by atoms with Gasteiger partial charge in [-0.05, 0) is 25.7 Å². The summed E-state index contributed by atoms with van der Waals surface area (Å²) in [5.41, 5.74) is 0.438. The van der Waals surface area contributed by atoms with Gasteiger partial charge in [0.1, 0.15) is 0 Å². The summed E-state index contributed by atoms with van der Waals surface area (Å²) in [6.07, 6.45) is 2.77. The average Bonchev–Trinajstić information content (AvgIpc) is 2.14. The second-order valence-corrected chi connectivity index (χ2v) is 3.70. The first-order chi connectivity index (χ1) is 6.57. The van der Waals surface area contributed by atoms with Crippen LogP contribution >= 0.6 is 0 Å². The molecule has 0 saturated carbocycles. The molecule has 82 valence electrons. The van der Waals surface area contributed by atoms with Gasteiger partial charge in [0.25, 0.3) is 0 Å². The van der Waals surface area contributed by atoms with Crippen molar-refractivity contribution in [1.29, 1.82) is 0 Å². The van der Waals surface area contributed by atoms with E-state index >= 15 is 0 Å². The zero-order valence-electron chi connectivity index (χ0n) is 9.08. The molecule has 0 saturated heterocycles. The molecule has 0 aromatic carbocycles. The van der Waals surface area contributed by atoms with Gasteiger partial charge in [-0.3, -0.25) is 0 Å². The smallest absolute Gasteiger partial charge is 0.333 e. The minimum Gasteiger partial charge on any atom is -0.462 e. The zero-order valence-corrected chi connectivity index (χ0v) is 9.08. The number of carbonyl (C=O) groups is 1. The van der Waals surface area contributed by atoms with Crippen molar-refractivity contribution in [1.82, 2.24) is 0 Å². The van der Waals surface area contributed by atoms with E-state index in [1.54, 1.807) is 6.92 Å². The summed E-state index contributed by atoms with van der Waals surface area (Å²) >= 11 is 0. The number of carbonyl (C=O) groups excluding carboxylic acids is 1. The van der Waals surface area contributed by atoms with E-state index in [9.17, 15) is 4.79 Å². The third-order valence-electron chi connectivity index (χ3n) is 1.95. The van der Waals surface area contributed by atoms with E-state index in [1.807, 2.05) is 6.92 Å². The lowest BCUT2D eigenvalue weighted by molar-refractivity contribution is -0.140. The van der Waals surface area contributed by atoms with Gasteiger partial charge >= 0.3 is 5.97 Å². The van der Waals surface area contributed by atoms with Crippen LogP contribution in [0, 0.1) is 5.92 Å². The van der Waals surface area contributed by atoms with Crippen molar-refractivity contribution in [3.8, 4) is 0 Å². The Morgan fingerprint density at radius 1 is 1.50 bits per heavy atom. The molecule has 14 heavy (non-hydrogen) atoms. The van der Waals surface area contributed by atoms with Crippen molar-refractivity contribution >= 4 is 5.97 Å². The minimum atomic E-state index is -0.320. The Bertz CT molecular complexity index is 187. The van der Waals surface area contributed by atoms with Gasteiger partial charge in [-0.25, -0.2) is 4.79 Å². The highest BCUT2D eigenvalue weighted by atomic mass is 16.5. The lowest BCUT2D eigenvalue weighted by Crippen LogP contribution is -2.12. The summed E-state index contributed by atoms with van der Waals surface area (Å²) in [6.45, 7) is 7.85. The van der Waals surface area contributed by atoms with Crippen LogP contribution in [0.4, 0.5) is 0 Å². The predicted octanol–water partition coefficient (Wildman–Crippen LogP) is 1.90. The number of ether oxygens (including phenoxy) is 1. The summed E-state index contributed by atoms with van der Waals surface area (Å²) in [7, 11) is 0. The number of esters is 1. The maximum absolute atomic E-state index is 11.0. The van der Waals surface area contributed by atoms with Gasteiger partial charge in [0.05, 0.1) is 6.61 Å². The van der Waals surface area contributed by atoms with Gasteiger partial charge in [0.2, 0.25) is 0 Å². The fraction of sp³-hybridized carbons (Fsp3) is 0.727. The first-order valence-electron chi connectivity index (χ1n) is 5.01. The molecule has 0 aromatic heterocycles. The Kier molecular flexibility index (Phi) is 7.11. The Morgan fingerprint density at radius 3 is 2.64 bits per heavy atom. The van der Waals surface area contributed by atoms with Crippen molar-refractivity contribution in [3.63, 3.8) is 0 Å². The summed E-state index contributed by atoms with van der Waals surface area (Å²) < 4.78 is 4.99. The normalized spacial score (nSPS) is 12.2. The van der Waals surface area contributed by atoms with Crippen LogP contribution in [0.25, 0.3) is 0 Å². The van der Waals surface area contributed by atoms with E-state index in [2.05, 4.69) is 6.58 Å². The molecule has 1 N–H and O–H groups in total. The third kappa shape index (κ3) is 6.66. The molecule has 0 rings (SSSR count). The second-order valence-electron chi connectivity index (χ2n) is 3.70. The fourth-order valence-corrected chi connectivity index (χ4v) is 1.03. The number of hydrogen-bond acceptors (Lipinski definition) is 3. The van der Waals surface area contributed by atoms with E-state index < -0.39 is 0 Å². The van der Waals surface area contributed by atoms with Crippen LogP contribution in [-0.4, -0.2) is 24.3 Å². The molecule has 0 heterocycles. The molecule has 0 aliphatic rings. The number of hydrogen-bond donors (Lipinski definition) is 1. The Morgan fingerprint density at radius 2 is 2.14 bits per heavy atom. The largest absolute Gasteiger partial charge is 0.462 e. The molecular weight excluding hydrogens is 180 g/mol. The van der Waals surface area contributed by atoms with E-state index in [0.29, 0.717) is 18.1 Å². The summed E-state index contributed by atoms with van der Waals surface area (Å²) in [5.74, 6) is 0.0314. The number of aliphatic hydroxyl groups excluding tert-OH is 1. The highest BCUT2D eigenvalue weighted by Gasteiger charge is 2.07. The van der Waals surface area contributed by atoms with Crippen LogP contribution in [0.1, 0.15) is 33.1 Å². The molecule has 0 amide bonds. The SMILES string of the molecule is C=C(C)C(=O)OCC(C)CCCCO. The van der Waals surface area contributed by atoms with Crippen LogP contribution < -0.4 is 0 Å². The molecule has 3 nitrogen and oxygen atoms in total. The van der Waals surface area contributed by atoms with E-state index in [0.717, 1.165) is 19.3 Å². The van der Waals surface area contributed by atoms with Gasteiger partial charge in [0, 0.05) is 12.2 Å². The Labute approximate surface area is 85.8 Å². The van der Waals surface area contributed by atoms with Crippen LogP contribution in [0.3, 0.4) is 0 Å². The summed E-state index contributed by atoms with van der Waals surface area (Å²) in [6, 6.07) is 0. The molecule has 0 bridgehead atoms. The molecule has 0 spiro atoms. The first-order valence-corrected chi connectivity index (χ1v) is 5.01. The lowest BCUT2D eigenvalue weighted by Gasteiger charge is -2.11. The van der Waals surface area contributed by atoms with Crippen molar-refractivity contribution in [2.45, 2.75) is 33.1 Å². The Hall–Kier alpha value is -0.830. The monoisotopic (exact) mass is 200 g/mol. The molecule has 0 aromatic rings. The average molecular weight is 200 g/mol. The second kappa shape index (κ2) is 7.56. The highest BCUT2D eigenvalue weighted by Crippen LogP contribution is 2.08. The molecule has 0 radical (unpaired) electrons. The van der Waals surface area contributed by atoms with Gasteiger partial charge in [0.15, 0.2) is 0 Å². The van der Waals surface area contributed by atoms with Crippen LogP contribution in [0.5, 0.6) is 0 Å². The van der Waals surface area contributed by atoms with Crippen molar-refractivity contribution in [3.05, 3.63) is 12.2 Å². The van der Waals surface area contributed by atoms with Gasteiger partial charge in [-0.2, -0.15) is 0 Å². The predicted molar refractivity (Wildman–Crippen MR) is 55.9 cm³/mol. The van der Waals surface area contributed by atoms with E-state index in [1.165, 1.54) is 0 Å². The van der Waals surface area contributed by atoms with Crippen LogP contribution in [0.15, 0.2) is 12.2 Å². The van der Waals surface area contributed by atoms with Crippen molar-refractivity contribution < 1.29 is 14.6 Å². The van der Waals surface area contributed by atoms with Crippen molar-refractivity contribution in [2.75, 3.05) is 13.2 Å². The molecule has 1 unspecified atom stereocenters. The van der Waals surface area contributed by atoms with Gasteiger partial charge < -0.3 is 9.84 Å². The highest BCUT2D eigenvalue weighted by molar-refractivity contribution is 5.86. The summed E-state index contributed by atoms with van der Waals surface area (Å²) in [4.78, 5) is 11.0. The molecule has 0 fully saturated rings. The molecule has 0 aliphatic heterocycles. The van der Waals surface area contributed by atoms with E-state index in [4.69, 9.17) is 9.84 Å². The first kappa shape index (κ1) is 13.2. The molecular formula is C11H20O3. The topological polar surface area (TPSA) is 46.5 Å². The standard InChI is InChI=1S/C11H20O3/c1-9(2)11(13)14-8-10(3)6-4-5-7-12/h10,12H,1,4-8H2,2-3H3. The van der Waals surface area contributed by atoms with Crippen molar-refractivity contribution in [2.24, 2.45) is 5.92 Å². The van der Waals surface area contributed by atoms with Crippen LogP contribution in [-0.2, 0) is 9.53 Å². The molecule has 1 atom stereocenters. The zero-order chi connectivity index (χ0) is 11.0. The molecule has 3 heteroatoms. The quantitative estimate of drug-likeness (QED) is 0.388. The lowest BCUT2D eigenvalue weighted by atomic mass is 10.1. The maximum Gasteiger partial charge on any atom is 0.333 e. The van der Waals surface area contributed by atoms with E-state index in [-0.39, 0.29) is 12.6 Å². The Balaban J connectivity index is 3.48. The number of aliphatic hydroxyl groups is 1. The number of rotatable bonds is 7. The van der Waals surface area contributed by atoms with Gasteiger partial charge in [-0.1, -0.05) is 19.9 Å². The minimum absolute atomic E-state index is 0.234. The van der Waals surface area contributed by atoms with Crippen LogP contribution in [0.2, 0.25) is 0 Å². The van der Waals surface area contributed by atoms with Gasteiger partial charge in [-0.15, -0.1) is 0 Å². The third-order valence-corrected chi connectivity index (χ3v) is 1.95. The number of unbranched alkanes of at least 4 members (excludes halogenated alkanes) is 1. The summed E-state index contributed by atoms with van der Waals surface area (Å²) in [5, 5.41) is 8.57. The maximum atomic E-state index is 11.0. The molecule has 0 aliphatic carbocycles. The fourth-order valence-electron chi connectivity index (χ4n) is 1.03.